The molecule has 2 N–H and O–H groups in total. The van der Waals surface area contributed by atoms with Crippen LogP contribution < -0.4 is 10.0 Å². The van der Waals surface area contributed by atoms with Gasteiger partial charge in [-0.25, -0.2) is 17.5 Å². The summed E-state index contributed by atoms with van der Waals surface area (Å²) in [5.74, 6) is 0.310. The Morgan fingerprint density at radius 3 is 2.37 bits per heavy atom. The number of rotatable bonds is 9. The number of halogens is 1. The van der Waals surface area contributed by atoms with Crippen molar-refractivity contribution in [1.29, 1.82) is 0 Å². The van der Waals surface area contributed by atoms with Crippen molar-refractivity contribution >= 4 is 27.7 Å². The minimum absolute atomic E-state index is 0.0470. The Morgan fingerprint density at radius 2 is 1.74 bits per heavy atom. The van der Waals surface area contributed by atoms with E-state index in [1.807, 2.05) is 0 Å². The molecule has 0 unspecified atom stereocenters. The number of sulfonamides is 1. The molecule has 144 valence electrons. The van der Waals surface area contributed by atoms with Gasteiger partial charge in [-0.2, -0.15) is 0 Å². The van der Waals surface area contributed by atoms with Crippen LogP contribution in [0.1, 0.15) is 29.6 Å². The predicted octanol–water partition coefficient (Wildman–Crippen LogP) is 3.18. The van der Waals surface area contributed by atoms with Crippen molar-refractivity contribution in [3.05, 3.63) is 59.9 Å². The molecule has 2 aromatic rings. The number of carbonyl (C=O) groups is 1. The van der Waals surface area contributed by atoms with Gasteiger partial charge in [-0.15, -0.1) is 11.8 Å². The summed E-state index contributed by atoms with van der Waals surface area (Å²) in [7, 11) is -3.50. The van der Waals surface area contributed by atoms with Crippen molar-refractivity contribution in [1.82, 2.24) is 10.0 Å². The SMILES string of the molecule is O=C(NCCCSc1ccc(F)cc1)c1ccc(S(=O)(=O)NC2CC2)cc1. The molecule has 0 heterocycles. The largest absolute Gasteiger partial charge is 0.352 e. The number of hydrogen-bond acceptors (Lipinski definition) is 4. The number of amides is 1. The zero-order chi connectivity index (χ0) is 19.3. The van der Waals surface area contributed by atoms with Gasteiger partial charge in [-0.1, -0.05) is 0 Å². The van der Waals surface area contributed by atoms with Gasteiger partial charge >= 0.3 is 0 Å². The van der Waals surface area contributed by atoms with Crippen LogP contribution in [0, 0.1) is 5.82 Å². The van der Waals surface area contributed by atoms with Crippen LogP contribution in [0.15, 0.2) is 58.3 Å². The molecule has 2 aromatic carbocycles. The molecule has 1 aliphatic carbocycles. The Labute approximate surface area is 162 Å². The lowest BCUT2D eigenvalue weighted by atomic mass is 10.2. The summed E-state index contributed by atoms with van der Waals surface area (Å²) < 4.78 is 39.7. The maximum Gasteiger partial charge on any atom is 0.251 e. The van der Waals surface area contributed by atoms with Crippen molar-refractivity contribution < 1.29 is 17.6 Å². The maximum absolute atomic E-state index is 12.8. The lowest BCUT2D eigenvalue weighted by Gasteiger charge is -2.08. The molecule has 0 aromatic heterocycles. The van der Waals surface area contributed by atoms with E-state index in [1.165, 1.54) is 36.4 Å². The zero-order valence-corrected chi connectivity index (χ0v) is 16.3. The van der Waals surface area contributed by atoms with Crippen LogP contribution >= 0.6 is 11.8 Å². The Kier molecular flexibility index (Phi) is 6.51. The van der Waals surface area contributed by atoms with E-state index in [0.29, 0.717) is 12.1 Å². The van der Waals surface area contributed by atoms with Crippen molar-refractivity contribution in [3.63, 3.8) is 0 Å². The van der Waals surface area contributed by atoms with E-state index < -0.39 is 10.0 Å². The highest BCUT2D eigenvalue weighted by Gasteiger charge is 2.27. The minimum Gasteiger partial charge on any atom is -0.352 e. The predicted molar refractivity (Wildman–Crippen MR) is 104 cm³/mol. The van der Waals surface area contributed by atoms with E-state index in [0.717, 1.165) is 29.9 Å². The molecule has 1 amide bonds. The molecule has 0 aliphatic heterocycles. The third-order valence-corrected chi connectivity index (χ3v) is 6.65. The topological polar surface area (TPSA) is 75.3 Å². The van der Waals surface area contributed by atoms with E-state index in [1.54, 1.807) is 23.9 Å². The number of carbonyl (C=O) groups excluding carboxylic acids is 1. The Hall–Kier alpha value is -1.90. The first kappa shape index (κ1) is 19.9. The van der Waals surface area contributed by atoms with Crippen LogP contribution in [0.3, 0.4) is 0 Å². The third-order valence-electron chi connectivity index (χ3n) is 4.02. The zero-order valence-electron chi connectivity index (χ0n) is 14.7. The van der Waals surface area contributed by atoms with Gasteiger partial charge in [-0.3, -0.25) is 4.79 Å². The Morgan fingerprint density at radius 1 is 1.07 bits per heavy atom. The fourth-order valence-electron chi connectivity index (χ4n) is 2.37. The van der Waals surface area contributed by atoms with Gasteiger partial charge in [-0.05, 0) is 73.5 Å². The van der Waals surface area contributed by atoms with E-state index >= 15 is 0 Å². The summed E-state index contributed by atoms with van der Waals surface area (Å²) >= 11 is 1.60. The number of nitrogens with one attached hydrogen (secondary N) is 2. The molecule has 8 heteroatoms. The number of thioether (sulfide) groups is 1. The van der Waals surface area contributed by atoms with Crippen LogP contribution in [-0.2, 0) is 10.0 Å². The van der Waals surface area contributed by atoms with Crippen molar-refractivity contribution in [2.45, 2.75) is 35.1 Å². The van der Waals surface area contributed by atoms with E-state index in [4.69, 9.17) is 0 Å². The summed E-state index contributed by atoms with van der Waals surface area (Å²) in [6, 6.07) is 12.3. The smallest absolute Gasteiger partial charge is 0.251 e. The second-order valence-corrected chi connectivity index (χ2v) is 9.21. The average Bonchev–Trinajstić information content (AvgIpc) is 3.46. The van der Waals surface area contributed by atoms with Crippen LogP contribution in [0.2, 0.25) is 0 Å². The second kappa shape index (κ2) is 8.86. The molecule has 0 atom stereocenters. The molecule has 0 saturated heterocycles. The van der Waals surface area contributed by atoms with Crippen molar-refractivity contribution in [2.75, 3.05) is 12.3 Å². The van der Waals surface area contributed by atoms with Gasteiger partial charge in [0, 0.05) is 23.0 Å². The molecule has 1 fully saturated rings. The van der Waals surface area contributed by atoms with Gasteiger partial charge in [0.1, 0.15) is 5.82 Å². The van der Waals surface area contributed by atoms with E-state index in [9.17, 15) is 17.6 Å². The number of hydrogen-bond donors (Lipinski definition) is 2. The molecule has 5 nitrogen and oxygen atoms in total. The summed E-state index contributed by atoms with van der Waals surface area (Å²) in [6.07, 6.45) is 2.52. The van der Waals surface area contributed by atoms with Crippen molar-refractivity contribution in [3.8, 4) is 0 Å². The molecule has 3 rings (SSSR count). The highest BCUT2D eigenvalue weighted by molar-refractivity contribution is 7.99. The van der Waals surface area contributed by atoms with E-state index in [-0.39, 0.29) is 22.7 Å². The molecule has 0 radical (unpaired) electrons. The summed E-state index contributed by atoms with van der Waals surface area (Å²) in [4.78, 5) is 13.3. The summed E-state index contributed by atoms with van der Waals surface area (Å²) in [5.41, 5.74) is 0.423. The van der Waals surface area contributed by atoms with Gasteiger partial charge in [0.05, 0.1) is 4.90 Å². The monoisotopic (exact) mass is 408 g/mol. The fraction of sp³-hybridized carbons (Fsp3) is 0.316. The van der Waals surface area contributed by atoms with Crippen molar-refractivity contribution in [2.24, 2.45) is 0 Å². The summed E-state index contributed by atoms with van der Waals surface area (Å²) in [6.45, 7) is 0.510. The third kappa shape index (κ3) is 6.05. The Balaban J connectivity index is 1.42. The first-order valence-electron chi connectivity index (χ1n) is 8.73. The standard InChI is InChI=1S/C19H21FN2O3S2/c20-15-4-8-17(9-5-15)26-13-1-12-21-19(23)14-2-10-18(11-3-14)27(24,25)22-16-6-7-16/h2-5,8-11,16,22H,1,6-7,12-13H2,(H,21,23). The first-order valence-corrected chi connectivity index (χ1v) is 11.2. The summed E-state index contributed by atoms with van der Waals surface area (Å²) in [5, 5.41) is 2.82. The molecule has 0 bridgehead atoms. The number of benzene rings is 2. The molecular formula is C19H21FN2O3S2. The maximum atomic E-state index is 12.8. The normalized spacial score (nSPS) is 14.1. The van der Waals surface area contributed by atoms with E-state index in [2.05, 4.69) is 10.0 Å². The Bertz CT molecular complexity index is 880. The quantitative estimate of drug-likeness (QED) is 0.494. The molecule has 0 spiro atoms. The van der Waals surface area contributed by atoms with Gasteiger partial charge in [0.15, 0.2) is 0 Å². The molecule has 1 aliphatic rings. The fourth-order valence-corrected chi connectivity index (χ4v) is 4.53. The lowest BCUT2D eigenvalue weighted by molar-refractivity contribution is 0.0953. The van der Waals surface area contributed by atoms with Gasteiger partial charge < -0.3 is 5.32 Å². The molecular weight excluding hydrogens is 387 g/mol. The van der Waals surface area contributed by atoms with Crippen LogP contribution in [0.5, 0.6) is 0 Å². The average molecular weight is 409 g/mol. The molecule has 27 heavy (non-hydrogen) atoms. The second-order valence-electron chi connectivity index (χ2n) is 6.33. The lowest BCUT2D eigenvalue weighted by Crippen LogP contribution is -2.26. The minimum atomic E-state index is -3.50. The highest BCUT2D eigenvalue weighted by Crippen LogP contribution is 2.22. The highest BCUT2D eigenvalue weighted by atomic mass is 32.2. The van der Waals surface area contributed by atoms with Crippen LogP contribution in [0.25, 0.3) is 0 Å². The van der Waals surface area contributed by atoms with Crippen LogP contribution in [0.4, 0.5) is 4.39 Å². The van der Waals surface area contributed by atoms with Gasteiger partial charge in [0.25, 0.3) is 5.91 Å². The van der Waals surface area contributed by atoms with Gasteiger partial charge in [0.2, 0.25) is 10.0 Å². The van der Waals surface area contributed by atoms with Crippen LogP contribution in [-0.4, -0.2) is 32.7 Å². The first-order chi connectivity index (χ1) is 12.9. The molecule has 1 saturated carbocycles.